The Hall–Kier alpha value is -3.13. The number of rotatable bonds is 3. The maximum absolute atomic E-state index is 13.8. The minimum Gasteiger partial charge on any atom is -0.493 e. The van der Waals surface area contributed by atoms with E-state index in [4.69, 9.17) is 11.2 Å². The molecule has 1 N–H and O–H groups in total. The van der Waals surface area contributed by atoms with E-state index in [0.717, 1.165) is 17.2 Å². The lowest BCUT2D eigenvalue weighted by molar-refractivity contribution is 0.386. The molecule has 0 aliphatic carbocycles. The van der Waals surface area contributed by atoms with Gasteiger partial charge in [-0.3, -0.25) is 5.10 Å². The van der Waals surface area contributed by atoms with E-state index in [1.165, 1.54) is 13.2 Å². The highest BCUT2D eigenvalue weighted by molar-refractivity contribution is 5.72. The highest BCUT2D eigenvalue weighted by Crippen LogP contribution is 2.33. The van der Waals surface area contributed by atoms with Crippen LogP contribution in [0.15, 0.2) is 42.5 Å². The number of halogens is 2. The zero-order chi connectivity index (χ0) is 16.4. The van der Waals surface area contributed by atoms with Crippen molar-refractivity contribution in [2.45, 2.75) is 0 Å². The van der Waals surface area contributed by atoms with Crippen LogP contribution in [0.4, 0.5) is 8.78 Å². The molecule has 0 atom stereocenters. The van der Waals surface area contributed by atoms with E-state index in [9.17, 15) is 8.78 Å². The smallest absolute Gasteiger partial charge is 0.168 e. The molecular weight excluding hydrogens is 298 g/mol. The largest absolute Gasteiger partial charge is 0.493 e. The Morgan fingerprint density at radius 1 is 1.13 bits per heavy atom. The Morgan fingerprint density at radius 3 is 2.52 bits per heavy atom. The lowest BCUT2D eigenvalue weighted by atomic mass is 10.1. The van der Waals surface area contributed by atoms with Crippen molar-refractivity contribution in [3.05, 3.63) is 59.7 Å². The molecule has 0 radical (unpaired) electrons. The van der Waals surface area contributed by atoms with Crippen LogP contribution in [0.3, 0.4) is 0 Å². The minimum atomic E-state index is -0.773. The number of aromatic nitrogens is 2. The van der Waals surface area contributed by atoms with Gasteiger partial charge in [0, 0.05) is 11.6 Å². The maximum atomic E-state index is 13.8. The number of benzene rings is 2. The molecule has 0 saturated heterocycles. The summed E-state index contributed by atoms with van der Waals surface area (Å²) < 4.78 is 32.3. The van der Waals surface area contributed by atoms with Crippen LogP contribution in [0.2, 0.25) is 0 Å². The number of hydrogen-bond donors (Lipinski definition) is 1. The molecule has 0 saturated carbocycles. The predicted octanol–water partition coefficient (Wildman–Crippen LogP) is 4.01. The lowest BCUT2D eigenvalue weighted by Gasteiger charge is -2.07. The summed E-state index contributed by atoms with van der Waals surface area (Å²) in [6.07, 6.45) is 5.32. The van der Waals surface area contributed by atoms with Gasteiger partial charge in [-0.2, -0.15) is 5.10 Å². The van der Waals surface area contributed by atoms with Gasteiger partial charge in [0.25, 0.3) is 0 Å². The van der Waals surface area contributed by atoms with Crippen LogP contribution in [0.1, 0.15) is 5.56 Å². The second kappa shape index (κ2) is 5.93. The van der Waals surface area contributed by atoms with E-state index in [-0.39, 0.29) is 11.3 Å². The van der Waals surface area contributed by atoms with Crippen LogP contribution in [0.5, 0.6) is 5.75 Å². The van der Waals surface area contributed by atoms with E-state index in [1.807, 2.05) is 12.1 Å². The van der Waals surface area contributed by atoms with E-state index in [0.29, 0.717) is 11.4 Å². The van der Waals surface area contributed by atoms with E-state index in [1.54, 1.807) is 18.2 Å². The van der Waals surface area contributed by atoms with Crippen LogP contribution >= 0.6 is 0 Å². The second-order valence-electron chi connectivity index (χ2n) is 4.86. The van der Waals surface area contributed by atoms with Gasteiger partial charge in [-0.15, -0.1) is 6.42 Å². The Labute approximate surface area is 131 Å². The van der Waals surface area contributed by atoms with Crippen molar-refractivity contribution in [1.29, 1.82) is 0 Å². The highest BCUT2D eigenvalue weighted by Gasteiger charge is 2.16. The van der Waals surface area contributed by atoms with Crippen molar-refractivity contribution < 1.29 is 13.5 Å². The molecule has 114 valence electrons. The van der Waals surface area contributed by atoms with Gasteiger partial charge in [0.15, 0.2) is 11.6 Å². The molecule has 0 aliphatic rings. The number of aromatic amines is 1. The van der Waals surface area contributed by atoms with Crippen molar-refractivity contribution in [1.82, 2.24) is 10.2 Å². The van der Waals surface area contributed by atoms with Crippen LogP contribution in [-0.2, 0) is 0 Å². The first-order valence-corrected chi connectivity index (χ1v) is 6.78. The lowest BCUT2D eigenvalue weighted by Crippen LogP contribution is -1.94. The molecule has 0 bridgehead atoms. The Bertz CT molecular complexity index is 892. The average Bonchev–Trinajstić information content (AvgIpc) is 3.04. The van der Waals surface area contributed by atoms with Crippen LogP contribution in [-0.4, -0.2) is 17.3 Å². The number of nitrogens with zero attached hydrogens (tertiary/aromatic N) is 1. The zero-order valence-corrected chi connectivity index (χ0v) is 12.2. The summed E-state index contributed by atoms with van der Waals surface area (Å²) in [7, 11) is 1.33. The minimum absolute atomic E-state index is 0.0490. The summed E-state index contributed by atoms with van der Waals surface area (Å²) in [5.41, 5.74) is 2.96. The first-order valence-electron chi connectivity index (χ1n) is 6.78. The summed E-state index contributed by atoms with van der Waals surface area (Å²) in [5.74, 6) is 1.02. The fourth-order valence-electron chi connectivity index (χ4n) is 2.31. The van der Waals surface area contributed by atoms with Crippen molar-refractivity contribution in [3.63, 3.8) is 0 Å². The fraction of sp³-hybridized carbons (Fsp3) is 0.0556. The van der Waals surface area contributed by atoms with Crippen LogP contribution in [0.25, 0.3) is 22.5 Å². The molecule has 0 amide bonds. The summed E-state index contributed by atoms with van der Waals surface area (Å²) in [6, 6.07) is 10.9. The molecule has 0 fully saturated rings. The molecule has 5 heteroatoms. The van der Waals surface area contributed by atoms with Gasteiger partial charge in [0.05, 0.1) is 24.1 Å². The normalized spacial score (nSPS) is 10.3. The van der Waals surface area contributed by atoms with E-state index >= 15 is 0 Å². The van der Waals surface area contributed by atoms with Gasteiger partial charge in [0.2, 0.25) is 0 Å². The first-order chi connectivity index (χ1) is 11.1. The van der Waals surface area contributed by atoms with Gasteiger partial charge in [0.1, 0.15) is 5.82 Å². The number of ether oxygens (including phenoxy) is 1. The molecule has 3 aromatic rings. The second-order valence-corrected chi connectivity index (χ2v) is 4.86. The summed E-state index contributed by atoms with van der Waals surface area (Å²) in [6.45, 7) is 0. The quantitative estimate of drug-likeness (QED) is 0.742. The van der Waals surface area contributed by atoms with Gasteiger partial charge < -0.3 is 4.74 Å². The standard InChI is InChI=1S/C18H12F2N2O/c1-3-11-4-6-12(7-5-11)16-10-17(22-21-16)14-8-13(19)9-15(20)18(14)23-2/h1,4-10H,2H3,(H,21,22). The molecule has 0 spiro atoms. The first kappa shape index (κ1) is 14.8. The van der Waals surface area contributed by atoms with Crippen molar-refractivity contribution in [3.8, 4) is 40.6 Å². The molecule has 0 unspecified atom stereocenters. The molecular formula is C18H12F2N2O. The number of methoxy groups -OCH3 is 1. The average molecular weight is 310 g/mol. The molecule has 1 aromatic heterocycles. The van der Waals surface area contributed by atoms with E-state index < -0.39 is 11.6 Å². The SMILES string of the molecule is C#Cc1ccc(-c2cc(-c3cc(F)cc(F)c3OC)n[nH]2)cc1. The van der Waals surface area contributed by atoms with Gasteiger partial charge in [-0.1, -0.05) is 18.1 Å². The summed E-state index contributed by atoms with van der Waals surface area (Å²) >= 11 is 0. The third kappa shape index (κ3) is 2.79. The van der Waals surface area contributed by atoms with Crippen molar-refractivity contribution >= 4 is 0 Å². The van der Waals surface area contributed by atoms with Crippen LogP contribution < -0.4 is 4.74 Å². The fourth-order valence-corrected chi connectivity index (χ4v) is 2.31. The van der Waals surface area contributed by atoms with E-state index in [2.05, 4.69) is 16.1 Å². The van der Waals surface area contributed by atoms with Gasteiger partial charge in [-0.25, -0.2) is 8.78 Å². The van der Waals surface area contributed by atoms with Crippen LogP contribution in [0, 0.1) is 24.0 Å². The topological polar surface area (TPSA) is 37.9 Å². The number of nitrogens with one attached hydrogen (secondary N) is 1. The third-order valence-electron chi connectivity index (χ3n) is 3.43. The third-order valence-corrected chi connectivity index (χ3v) is 3.43. The molecule has 2 aromatic carbocycles. The Morgan fingerprint density at radius 2 is 1.87 bits per heavy atom. The summed E-state index contributed by atoms with van der Waals surface area (Å²) in [4.78, 5) is 0. The summed E-state index contributed by atoms with van der Waals surface area (Å²) in [5, 5.41) is 6.96. The zero-order valence-electron chi connectivity index (χ0n) is 12.2. The molecule has 3 nitrogen and oxygen atoms in total. The predicted molar refractivity (Wildman–Crippen MR) is 83.9 cm³/mol. The van der Waals surface area contributed by atoms with Crippen molar-refractivity contribution in [2.75, 3.05) is 7.11 Å². The number of terminal acetylenes is 1. The Kier molecular flexibility index (Phi) is 3.82. The highest BCUT2D eigenvalue weighted by atomic mass is 19.1. The molecule has 0 aliphatic heterocycles. The van der Waals surface area contributed by atoms with Crippen molar-refractivity contribution in [2.24, 2.45) is 0 Å². The molecule has 1 heterocycles. The maximum Gasteiger partial charge on any atom is 0.168 e. The van der Waals surface area contributed by atoms with Gasteiger partial charge >= 0.3 is 0 Å². The number of hydrogen-bond acceptors (Lipinski definition) is 2. The molecule has 23 heavy (non-hydrogen) atoms. The van der Waals surface area contributed by atoms with Gasteiger partial charge in [-0.05, 0) is 29.8 Å². The molecule has 3 rings (SSSR count). The number of H-pyrrole nitrogens is 1. The Balaban J connectivity index is 2.04. The monoisotopic (exact) mass is 310 g/mol.